The van der Waals surface area contributed by atoms with Crippen LogP contribution in [0, 0.1) is 6.57 Å². The zero-order valence-corrected chi connectivity index (χ0v) is 17.5. The summed E-state index contributed by atoms with van der Waals surface area (Å²) in [5.74, 6) is 0.0899. The average Bonchev–Trinajstić information content (AvgIpc) is 3.41. The van der Waals surface area contributed by atoms with Crippen LogP contribution in [0.4, 0.5) is 5.69 Å². The standard InChI is InChI=1S/C22H20N6O4/c1-13(2)31-22-17(23-3)10-16(11-24-22)21-26-20(27-32-21)14-6-7-18-15(9-14)12-25-28(18)8-4-5-19(29)30/h6-7,9-13H,4-5,8H2,1-2H3,(H,29,30). The predicted molar refractivity (Wildman–Crippen MR) is 115 cm³/mol. The van der Waals surface area contributed by atoms with E-state index in [4.69, 9.17) is 20.9 Å². The first-order valence-electron chi connectivity index (χ1n) is 10.0. The van der Waals surface area contributed by atoms with Crippen LogP contribution in [0.2, 0.25) is 0 Å². The van der Waals surface area contributed by atoms with Gasteiger partial charge in [0.15, 0.2) is 0 Å². The quantitative estimate of drug-likeness (QED) is 0.408. The Hall–Kier alpha value is -4.26. The van der Waals surface area contributed by atoms with Crippen LogP contribution < -0.4 is 4.74 Å². The summed E-state index contributed by atoms with van der Waals surface area (Å²) < 4.78 is 12.7. The Morgan fingerprint density at radius 2 is 2.12 bits per heavy atom. The molecule has 1 N–H and O–H groups in total. The highest BCUT2D eigenvalue weighted by Gasteiger charge is 2.16. The van der Waals surface area contributed by atoms with Crippen LogP contribution in [0.25, 0.3) is 38.6 Å². The van der Waals surface area contributed by atoms with E-state index in [1.807, 2.05) is 32.0 Å². The summed E-state index contributed by atoms with van der Waals surface area (Å²) in [6.07, 6.45) is 3.76. The van der Waals surface area contributed by atoms with Crippen molar-refractivity contribution in [1.82, 2.24) is 24.9 Å². The minimum Gasteiger partial charge on any atom is -0.484 e. The number of carbonyl (C=O) groups is 1. The van der Waals surface area contributed by atoms with E-state index < -0.39 is 5.97 Å². The number of aliphatic carboxylic acids is 1. The van der Waals surface area contributed by atoms with E-state index in [1.165, 1.54) is 6.20 Å². The number of hydrogen-bond donors (Lipinski definition) is 1. The number of carboxylic acid groups (broad SMARTS) is 1. The summed E-state index contributed by atoms with van der Waals surface area (Å²) in [7, 11) is 0. The van der Waals surface area contributed by atoms with Crippen molar-refractivity contribution in [1.29, 1.82) is 0 Å². The minimum atomic E-state index is -0.822. The average molecular weight is 432 g/mol. The van der Waals surface area contributed by atoms with Crippen molar-refractivity contribution in [2.75, 3.05) is 0 Å². The first kappa shape index (κ1) is 21.0. The van der Waals surface area contributed by atoms with Crippen molar-refractivity contribution in [2.45, 2.75) is 39.3 Å². The molecule has 32 heavy (non-hydrogen) atoms. The molecule has 3 aromatic heterocycles. The molecule has 0 amide bonds. The topological polar surface area (TPSA) is 121 Å². The lowest BCUT2D eigenvalue weighted by molar-refractivity contribution is -0.137. The maximum Gasteiger partial charge on any atom is 0.303 e. The normalized spacial score (nSPS) is 11.1. The summed E-state index contributed by atoms with van der Waals surface area (Å²) in [5, 5.41) is 18.1. The highest BCUT2D eigenvalue weighted by Crippen LogP contribution is 2.32. The minimum absolute atomic E-state index is 0.0969. The Bertz CT molecular complexity index is 1320. The van der Waals surface area contributed by atoms with Gasteiger partial charge in [0.1, 0.15) is 0 Å². The second kappa shape index (κ2) is 8.85. The van der Waals surface area contributed by atoms with E-state index >= 15 is 0 Å². The molecule has 1 aromatic carbocycles. The first-order valence-corrected chi connectivity index (χ1v) is 10.0. The zero-order valence-electron chi connectivity index (χ0n) is 17.5. The number of aryl methyl sites for hydroxylation is 1. The van der Waals surface area contributed by atoms with Crippen molar-refractivity contribution in [3.05, 3.63) is 48.1 Å². The molecule has 10 heteroatoms. The SMILES string of the molecule is [C-]#[N+]c1cc(-c2nc(-c3ccc4c(cnn4CCCC(=O)O)c3)no2)cnc1OC(C)C. The van der Waals surface area contributed by atoms with Gasteiger partial charge in [0.05, 0.1) is 24.4 Å². The Kier molecular flexibility index (Phi) is 5.81. The summed E-state index contributed by atoms with van der Waals surface area (Å²) in [4.78, 5) is 22.8. The van der Waals surface area contributed by atoms with Gasteiger partial charge < -0.3 is 14.4 Å². The fourth-order valence-electron chi connectivity index (χ4n) is 3.19. The van der Waals surface area contributed by atoms with Gasteiger partial charge in [0, 0.05) is 35.7 Å². The molecule has 3 heterocycles. The lowest BCUT2D eigenvalue weighted by Gasteiger charge is -2.10. The summed E-state index contributed by atoms with van der Waals surface area (Å²) >= 11 is 0. The van der Waals surface area contributed by atoms with Gasteiger partial charge >= 0.3 is 5.97 Å². The molecule has 162 valence electrons. The predicted octanol–water partition coefficient (Wildman–Crippen LogP) is 4.35. The number of rotatable bonds is 8. The van der Waals surface area contributed by atoms with Crippen LogP contribution >= 0.6 is 0 Å². The first-order chi connectivity index (χ1) is 15.4. The maximum atomic E-state index is 10.7. The third-order valence-corrected chi connectivity index (χ3v) is 4.63. The van der Waals surface area contributed by atoms with Crippen LogP contribution in [0.3, 0.4) is 0 Å². The van der Waals surface area contributed by atoms with Gasteiger partial charge in [-0.15, -0.1) is 0 Å². The molecule has 10 nitrogen and oxygen atoms in total. The van der Waals surface area contributed by atoms with Gasteiger partial charge in [0.25, 0.3) is 5.89 Å². The number of carboxylic acids is 1. The molecule has 0 atom stereocenters. The summed E-state index contributed by atoms with van der Waals surface area (Å²) in [5.41, 5.74) is 2.44. The zero-order chi connectivity index (χ0) is 22.7. The van der Waals surface area contributed by atoms with Crippen LogP contribution in [0.15, 0.2) is 41.2 Å². The molecule has 0 saturated heterocycles. The second-order valence-electron chi connectivity index (χ2n) is 7.39. The highest BCUT2D eigenvalue weighted by atomic mass is 16.5. The van der Waals surface area contributed by atoms with Gasteiger partial charge in [-0.2, -0.15) is 10.1 Å². The Morgan fingerprint density at radius 3 is 2.88 bits per heavy atom. The molecule has 0 radical (unpaired) electrons. The number of aromatic nitrogens is 5. The third-order valence-electron chi connectivity index (χ3n) is 4.63. The van der Waals surface area contributed by atoms with Crippen LogP contribution in [-0.2, 0) is 11.3 Å². The fraction of sp³-hybridized carbons (Fsp3) is 0.273. The van der Waals surface area contributed by atoms with Crippen LogP contribution in [-0.4, -0.2) is 42.1 Å². The molecule has 0 aliphatic rings. The largest absolute Gasteiger partial charge is 0.484 e. The van der Waals surface area contributed by atoms with Crippen molar-refractivity contribution in [2.24, 2.45) is 0 Å². The Labute approximate surface area is 183 Å². The highest BCUT2D eigenvalue weighted by molar-refractivity contribution is 5.83. The molecular weight excluding hydrogens is 412 g/mol. The Balaban J connectivity index is 1.57. The molecular formula is C22H20N6O4. The molecule has 0 saturated carbocycles. The number of hydrogen-bond acceptors (Lipinski definition) is 7. The smallest absolute Gasteiger partial charge is 0.303 e. The lowest BCUT2D eigenvalue weighted by Crippen LogP contribution is -2.06. The number of ether oxygens (including phenoxy) is 1. The van der Waals surface area contributed by atoms with Gasteiger partial charge in [-0.3, -0.25) is 9.48 Å². The van der Waals surface area contributed by atoms with Crippen molar-refractivity contribution in [3.63, 3.8) is 0 Å². The molecule has 0 aliphatic carbocycles. The number of fused-ring (bicyclic) bond motifs is 1. The third kappa shape index (κ3) is 4.41. The van der Waals surface area contributed by atoms with Gasteiger partial charge in [0.2, 0.25) is 17.4 Å². The van der Waals surface area contributed by atoms with Gasteiger partial charge in [-0.05, 0) is 44.5 Å². The molecule has 0 aliphatic heterocycles. The van der Waals surface area contributed by atoms with Gasteiger partial charge in [-0.1, -0.05) is 5.16 Å². The fourth-order valence-corrected chi connectivity index (χ4v) is 3.19. The van der Waals surface area contributed by atoms with Crippen molar-refractivity contribution >= 4 is 22.6 Å². The molecule has 0 bridgehead atoms. The van der Waals surface area contributed by atoms with Crippen molar-refractivity contribution < 1.29 is 19.2 Å². The maximum absolute atomic E-state index is 10.7. The second-order valence-corrected chi connectivity index (χ2v) is 7.39. The summed E-state index contributed by atoms with van der Waals surface area (Å²) in [6, 6.07) is 7.26. The van der Waals surface area contributed by atoms with Crippen LogP contribution in [0.1, 0.15) is 26.7 Å². The molecule has 4 rings (SSSR count). The lowest BCUT2D eigenvalue weighted by atomic mass is 10.1. The number of nitrogens with zero attached hydrogens (tertiary/aromatic N) is 6. The van der Waals surface area contributed by atoms with Crippen LogP contribution in [0.5, 0.6) is 5.88 Å². The van der Waals surface area contributed by atoms with Gasteiger partial charge in [-0.25, -0.2) is 9.83 Å². The number of benzene rings is 1. The monoisotopic (exact) mass is 432 g/mol. The van der Waals surface area contributed by atoms with E-state index in [2.05, 4.69) is 25.1 Å². The van der Waals surface area contributed by atoms with E-state index in [0.717, 1.165) is 16.5 Å². The van der Waals surface area contributed by atoms with E-state index in [0.29, 0.717) is 24.4 Å². The summed E-state index contributed by atoms with van der Waals surface area (Å²) in [6.45, 7) is 11.6. The molecule has 0 unspecified atom stereocenters. The van der Waals surface area contributed by atoms with E-state index in [9.17, 15) is 4.79 Å². The Morgan fingerprint density at radius 1 is 1.28 bits per heavy atom. The molecule has 0 fully saturated rings. The molecule has 0 spiro atoms. The van der Waals surface area contributed by atoms with E-state index in [1.54, 1.807) is 16.9 Å². The van der Waals surface area contributed by atoms with E-state index in [-0.39, 0.29) is 30.0 Å². The molecule has 4 aromatic rings. The van der Waals surface area contributed by atoms with Crippen molar-refractivity contribution in [3.8, 4) is 28.7 Å². The number of pyridine rings is 1.